The lowest BCUT2D eigenvalue weighted by Gasteiger charge is -2.17. The van der Waals surface area contributed by atoms with Gasteiger partial charge in [0.15, 0.2) is 6.10 Å². The lowest BCUT2D eigenvalue weighted by molar-refractivity contribution is -0.128. The van der Waals surface area contributed by atoms with E-state index in [-0.39, 0.29) is 0 Å². The summed E-state index contributed by atoms with van der Waals surface area (Å²) < 4.78 is 5.76. The van der Waals surface area contributed by atoms with E-state index in [1.54, 1.807) is 19.1 Å². The topological polar surface area (TPSA) is 67.4 Å². The summed E-state index contributed by atoms with van der Waals surface area (Å²) in [7, 11) is 0. The number of hydrazine groups is 1. The molecular formula is C24H24N2O3. The fourth-order valence-corrected chi connectivity index (χ4v) is 2.93. The third-order valence-electron chi connectivity index (χ3n) is 4.78. The molecule has 5 heteroatoms. The Hall–Kier alpha value is -3.60. The Balaban J connectivity index is 1.65. The van der Waals surface area contributed by atoms with Crippen molar-refractivity contribution in [2.75, 3.05) is 0 Å². The smallest absolute Gasteiger partial charge is 0.279 e. The highest BCUT2D eigenvalue weighted by molar-refractivity contribution is 6.01. The van der Waals surface area contributed by atoms with Crippen molar-refractivity contribution in [3.05, 3.63) is 89.5 Å². The molecule has 5 nitrogen and oxygen atoms in total. The molecule has 1 atom stereocenters. The van der Waals surface area contributed by atoms with Gasteiger partial charge in [-0.15, -0.1) is 0 Å². The Bertz CT molecular complexity index is 1020. The molecule has 148 valence electrons. The van der Waals surface area contributed by atoms with Gasteiger partial charge in [-0.25, -0.2) is 0 Å². The first-order valence-electron chi connectivity index (χ1n) is 9.45. The molecule has 0 bridgehead atoms. The van der Waals surface area contributed by atoms with Crippen molar-refractivity contribution < 1.29 is 14.3 Å². The summed E-state index contributed by atoms with van der Waals surface area (Å²) in [4.78, 5) is 25.0. The van der Waals surface area contributed by atoms with Crippen molar-refractivity contribution in [3.8, 4) is 16.9 Å². The summed E-state index contributed by atoms with van der Waals surface area (Å²) >= 11 is 0. The lowest BCUT2D eigenvalue weighted by Crippen LogP contribution is -2.47. The first-order chi connectivity index (χ1) is 14.0. The van der Waals surface area contributed by atoms with E-state index in [9.17, 15) is 9.59 Å². The molecular weight excluding hydrogens is 364 g/mol. The molecule has 0 radical (unpaired) electrons. The van der Waals surface area contributed by atoms with E-state index in [1.165, 1.54) is 0 Å². The molecule has 29 heavy (non-hydrogen) atoms. The van der Waals surface area contributed by atoms with Crippen LogP contribution in [0.5, 0.6) is 5.75 Å². The van der Waals surface area contributed by atoms with Gasteiger partial charge in [-0.1, -0.05) is 60.7 Å². The maximum absolute atomic E-state index is 12.7. The van der Waals surface area contributed by atoms with Crippen molar-refractivity contribution in [2.24, 2.45) is 0 Å². The number of hydrogen-bond donors (Lipinski definition) is 2. The Morgan fingerprint density at radius 1 is 0.828 bits per heavy atom. The van der Waals surface area contributed by atoms with E-state index < -0.39 is 17.9 Å². The second-order valence-electron chi connectivity index (χ2n) is 6.81. The van der Waals surface area contributed by atoms with Gasteiger partial charge in [0.05, 0.1) is 0 Å². The van der Waals surface area contributed by atoms with Gasteiger partial charge in [-0.05, 0) is 55.2 Å². The second kappa shape index (κ2) is 9.06. The molecule has 2 amide bonds. The van der Waals surface area contributed by atoms with E-state index in [4.69, 9.17) is 4.74 Å². The number of aryl methyl sites for hydroxylation is 1. The summed E-state index contributed by atoms with van der Waals surface area (Å²) in [6.45, 7) is 5.57. The molecule has 3 rings (SSSR count). The van der Waals surface area contributed by atoms with Gasteiger partial charge >= 0.3 is 0 Å². The maximum atomic E-state index is 12.7. The number of amides is 2. The number of rotatable bonds is 5. The van der Waals surface area contributed by atoms with Crippen LogP contribution >= 0.6 is 0 Å². The van der Waals surface area contributed by atoms with Gasteiger partial charge < -0.3 is 4.74 Å². The standard InChI is InChI=1S/C24H24N2O3/c1-16-10-9-15-22(17(16)2)29-18(3)23(27)25-26-24(28)21-14-8-7-13-20(21)19-11-5-4-6-12-19/h4-15,18H,1-3H3,(H,25,27)(H,26,28). The van der Waals surface area contributed by atoms with E-state index in [0.29, 0.717) is 11.3 Å². The van der Waals surface area contributed by atoms with Crippen LogP contribution in [-0.4, -0.2) is 17.9 Å². The van der Waals surface area contributed by atoms with Crippen LogP contribution in [0, 0.1) is 13.8 Å². The number of ether oxygens (including phenoxy) is 1. The Morgan fingerprint density at radius 3 is 2.28 bits per heavy atom. The molecule has 3 aromatic rings. The second-order valence-corrected chi connectivity index (χ2v) is 6.81. The Labute approximate surface area is 170 Å². The first-order valence-corrected chi connectivity index (χ1v) is 9.45. The van der Waals surface area contributed by atoms with Crippen LogP contribution in [-0.2, 0) is 4.79 Å². The fraction of sp³-hybridized carbons (Fsp3) is 0.167. The predicted octanol–water partition coefficient (Wildman–Crippen LogP) is 4.20. The zero-order chi connectivity index (χ0) is 20.8. The molecule has 0 aliphatic heterocycles. The van der Waals surface area contributed by atoms with Crippen LogP contribution in [0.3, 0.4) is 0 Å². The van der Waals surface area contributed by atoms with Crippen LogP contribution in [0.15, 0.2) is 72.8 Å². The van der Waals surface area contributed by atoms with E-state index in [0.717, 1.165) is 22.3 Å². The normalized spacial score (nSPS) is 11.4. The van der Waals surface area contributed by atoms with Crippen LogP contribution in [0.2, 0.25) is 0 Å². The molecule has 0 saturated carbocycles. The molecule has 3 aromatic carbocycles. The third kappa shape index (κ3) is 4.82. The van der Waals surface area contributed by atoms with Gasteiger partial charge in [0.25, 0.3) is 11.8 Å². The number of nitrogens with one attached hydrogen (secondary N) is 2. The van der Waals surface area contributed by atoms with Gasteiger partial charge in [-0.3, -0.25) is 20.4 Å². The predicted molar refractivity (Wildman–Crippen MR) is 113 cm³/mol. The molecule has 0 aliphatic rings. The summed E-state index contributed by atoms with van der Waals surface area (Å²) in [6, 6.07) is 22.6. The summed E-state index contributed by atoms with van der Waals surface area (Å²) in [5.41, 5.74) is 9.19. The monoisotopic (exact) mass is 388 g/mol. The largest absolute Gasteiger partial charge is 0.481 e. The lowest BCUT2D eigenvalue weighted by atomic mass is 9.99. The first kappa shape index (κ1) is 20.1. The van der Waals surface area contributed by atoms with Crippen molar-refractivity contribution in [1.29, 1.82) is 0 Å². The number of hydrogen-bond acceptors (Lipinski definition) is 3. The number of carbonyl (C=O) groups is 2. The summed E-state index contributed by atoms with van der Waals surface area (Å²) in [5.74, 6) is -0.179. The summed E-state index contributed by atoms with van der Waals surface area (Å²) in [5, 5.41) is 0. The van der Waals surface area contributed by atoms with Gasteiger partial charge in [0, 0.05) is 5.56 Å². The van der Waals surface area contributed by atoms with E-state index in [2.05, 4.69) is 10.9 Å². The van der Waals surface area contributed by atoms with Crippen LogP contribution < -0.4 is 15.6 Å². The molecule has 2 N–H and O–H groups in total. The molecule has 0 spiro atoms. The SMILES string of the molecule is Cc1cccc(OC(C)C(=O)NNC(=O)c2ccccc2-c2ccccc2)c1C. The average Bonchev–Trinajstić information content (AvgIpc) is 2.75. The zero-order valence-corrected chi connectivity index (χ0v) is 16.7. The minimum absolute atomic E-state index is 0.392. The van der Waals surface area contributed by atoms with Crippen molar-refractivity contribution >= 4 is 11.8 Å². The Morgan fingerprint density at radius 2 is 1.52 bits per heavy atom. The molecule has 0 heterocycles. The average molecular weight is 388 g/mol. The van der Waals surface area contributed by atoms with E-state index in [1.807, 2.05) is 74.5 Å². The molecule has 0 fully saturated rings. The highest BCUT2D eigenvalue weighted by atomic mass is 16.5. The van der Waals surface area contributed by atoms with Crippen molar-refractivity contribution in [3.63, 3.8) is 0 Å². The molecule has 0 saturated heterocycles. The van der Waals surface area contributed by atoms with E-state index >= 15 is 0 Å². The minimum atomic E-state index is -0.764. The fourth-order valence-electron chi connectivity index (χ4n) is 2.93. The molecule has 0 aliphatic carbocycles. The molecule has 1 unspecified atom stereocenters. The number of benzene rings is 3. The van der Waals surface area contributed by atoms with Crippen molar-refractivity contribution in [2.45, 2.75) is 26.9 Å². The van der Waals surface area contributed by atoms with Crippen LogP contribution in [0.4, 0.5) is 0 Å². The quantitative estimate of drug-likeness (QED) is 0.644. The van der Waals surface area contributed by atoms with Crippen molar-refractivity contribution in [1.82, 2.24) is 10.9 Å². The number of carbonyl (C=O) groups excluding carboxylic acids is 2. The summed E-state index contributed by atoms with van der Waals surface area (Å²) in [6.07, 6.45) is -0.764. The van der Waals surface area contributed by atoms with Crippen LogP contribution in [0.25, 0.3) is 11.1 Å². The minimum Gasteiger partial charge on any atom is -0.481 e. The van der Waals surface area contributed by atoms with Gasteiger partial charge in [0.2, 0.25) is 0 Å². The highest BCUT2D eigenvalue weighted by Crippen LogP contribution is 2.23. The third-order valence-corrected chi connectivity index (χ3v) is 4.78. The van der Waals surface area contributed by atoms with Crippen LogP contribution in [0.1, 0.15) is 28.4 Å². The molecule has 0 aromatic heterocycles. The Kier molecular flexibility index (Phi) is 6.29. The maximum Gasteiger partial charge on any atom is 0.279 e. The van der Waals surface area contributed by atoms with Gasteiger partial charge in [0.1, 0.15) is 5.75 Å². The van der Waals surface area contributed by atoms with Gasteiger partial charge in [-0.2, -0.15) is 0 Å². The highest BCUT2D eigenvalue weighted by Gasteiger charge is 2.18. The zero-order valence-electron chi connectivity index (χ0n) is 16.7.